The van der Waals surface area contributed by atoms with Crippen LogP contribution >= 0.6 is 39.0 Å². The second-order valence-electron chi connectivity index (χ2n) is 3.10. The van der Waals surface area contributed by atoms with Gasteiger partial charge in [-0.15, -0.1) is 23.1 Å². The molecule has 2 heterocycles. The quantitative estimate of drug-likeness (QED) is 0.866. The minimum Gasteiger partial charge on any atom is -0.378 e. The smallest absolute Gasteiger partial charge is 0.0710 e. The summed E-state index contributed by atoms with van der Waals surface area (Å²) in [7, 11) is 0. The van der Waals surface area contributed by atoms with Gasteiger partial charge in [0.1, 0.15) is 0 Å². The third-order valence-electron chi connectivity index (χ3n) is 1.97. The van der Waals surface area contributed by atoms with Crippen molar-refractivity contribution < 1.29 is 4.74 Å². The summed E-state index contributed by atoms with van der Waals surface area (Å²) in [4.78, 5) is 0. The number of ether oxygens (including phenoxy) is 1. The molecular formula is C9H12BrNOS2. The third kappa shape index (κ3) is 3.24. The van der Waals surface area contributed by atoms with Crippen LogP contribution in [0.3, 0.4) is 0 Å². The number of hydrogen-bond donors (Lipinski definition) is 1. The van der Waals surface area contributed by atoms with E-state index < -0.39 is 0 Å². The molecule has 0 aromatic carbocycles. The molecule has 0 radical (unpaired) electrons. The Labute approximate surface area is 101 Å². The van der Waals surface area contributed by atoms with Gasteiger partial charge in [0.15, 0.2) is 0 Å². The molecule has 0 saturated carbocycles. The molecule has 2 nitrogen and oxygen atoms in total. The second kappa shape index (κ2) is 5.51. The van der Waals surface area contributed by atoms with E-state index in [0.29, 0.717) is 6.04 Å². The van der Waals surface area contributed by atoms with Crippen LogP contribution in [0.4, 0.5) is 0 Å². The van der Waals surface area contributed by atoms with Gasteiger partial charge < -0.3 is 10.1 Å². The number of morpholine rings is 1. The van der Waals surface area contributed by atoms with E-state index in [-0.39, 0.29) is 0 Å². The molecule has 1 atom stereocenters. The molecule has 1 aliphatic heterocycles. The first-order valence-corrected chi connectivity index (χ1v) is 7.13. The molecule has 2 rings (SSSR count). The van der Waals surface area contributed by atoms with Gasteiger partial charge in [-0.1, -0.05) is 0 Å². The van der Waals surface area contributed by atoms with Crippen LogP contribution in [-0.2, 0) is 4.74 Å². The van der Waals surface area contributed by atoms with Crippen LogP contribution in [0.5, 0.6) is 0 Å². The molecule has 14 heavy (non-hydrogen) atoms. The highest BCUT2D eigenvalue weighted by atomic mass is 79.9. The first kappa shape index (κ1) is 11.0. The third-order valence-corrected chi connectivity index (χ3v) is 4.99. The van der Waals surface area contributed by atoms with Crippen molar-refractivity contribution in [2.24, 2.45) is 0 Å². The van der Waals surface area contributed by atoms with Gasteiger partial charge in [0.2, 0.25) is 0 Å². The number of halogens is 1. The average Bonchev–Trinajstić information content (AvgIpc) is 2.63. The zero-order chi connectivity index (χ0) is 9.80. The zero-order valence-electron chi connectivity index (χ0n) is 7.66. The summed E-state index contributed by atoms with van der Waals surface area (Å²) in [6.45, 7) is 2.69. The SMILES string of the molecule is Brc1ccc(SCC2COCCN2)s1. The summed E-state index contributed by atoms with van der Waals surface area (Å²) in [6.07, 6.45) is 0. The Morgan fingerprint density at radius 1 is 1.64 bits per heavy atom. The van der Waals surface area contributed by atoms with Crippen LogP contribution in [0.25, 0.3) is 0 Å². The van der Waals surface area contributed by atoms with Crippen molar-refractivity contribution in [3.8, 4) is 0 Å². The van der Waals surface area contributed by atoms with E-state index in [1.165, 1.54) is 8.00 Å². The second-order valence-corrected chi connectivity index (χ2v) is 6.88. The average molecular weight is 294 g/mol. The van der Waals surface area contributed by atoms with Gasteiger partial charge in [0, 0.05) is 18.3 Å². The van der Waals surface area contributed by atoms with Crippen LogP contribution < -0.4 is 5.32 Å². The molecule has 1 unspecified atom stereocenters. The first-order chi connectivity index (χ1) is 6.84. The summed E-state index contributed by atoms with van der Waals surface area (Å²) in [5.41, 5.74) is 0. The molecule has 0 bridgehead atoms. The van der Waals surface area contributed by atoms with E-state index in [1.807, 2.05) is 11.8 Å². The molecule has 0 aliphatic carbocycles. The topological polar surface area (TPSA) is 21.3 Å². The fourth-order valence-corrected chi connectivity index (χ4v) is 4.18. The van der Waals surface area contributed by atoms with Crippen molar-refractivity contribution in [1.82, 2.24) is 5.32 Å². The highest BCUT2D eigenvalue weighted by molar-refractivity contribution is 9.11. The number of hydrogen-bond acceptors (Lipinski definition) is 4. The maximum absolute atomic E-state index is 5.39. The van der Waals surface area contributed by atoms with E-state index in [2.05, 4.69) is 33.4 Å². The van der Waals surface area contributed by atoms with Crippen molar-refractivity contribution in [1.29, 1.82) is 0 Å². The van der Waals surface area contributed by atoms with Crippen LogP contribution in [0.15, 0.2) is 20.1 Å². The van der Waals surface area contributed by atoms with Gasteiger partial charge in [-0.2, -0.15) is 0 Å². The minimum atomic E-state index is 0.509. The fraction of sp³-hybridized carbons (Fsp3) is 0.556. The lowest BCUT2D eigenvalue weighted by molar-refractivity contribution is 0.0837. The maximum atomic E-state index is 5.39. The molecule has 1 saturated heterocycles. The summed E-state index contributed by atoms with van der Waals surface area (Å²) in [5, 5.41) is 3.44. The van der Waals surface area contributed by atoms with E-state index in [0.717, 1.165) is 25.5 Å². The predicted molar refractivity (Wildman–Crippen MR) is 65.4 cm³/mol. The molecule has 0 spiro atoms. The van der Waals surface area contributed by atoms with Crippen molar-refractivity contribution in [3.05, 3.63) is 15.9 Å². The Morgan fingerprint density at radius 2 is 2.57 bits per heavy atom. The van der Waals surface area contributed by atoms with Crippen molar-refractivity contribution in [2.75, 3.05) is 25.5 Å². The minimum absolute atomic E-state index is 0.509. The molecule has 0 amide bonds. The van der Waals surface area contributed by atoms with Gasteiger partial charge in [-0.25, -0.2) is 0 Å². The molecule has 78 valence electrons. The Morgan fingerprint density at radius 3 is 3.21 bits per heavy atom. The standard InChI is InChI=1S/C9H12BrNOS2/c10-8-1-2-9(14-8)13-6-7-5-12-4-3-11-7/h1-2,7,11H,3-6H2. The normalized spacial score (nSPS) is 22.5. The summed E-state index contributed by atoms with van der Waals surface area (Å²) in [6, 6.07) is 4.76. The zero-order valence-corrected chi connectivity index (χ0v) is 10.9. The highest BCUT2D eigenvalue weighted by Crippen LogP contribution is 2.30. The molecule has 1 aromatic heterocycles. The van der Waals surface area contributed by atoms with Gasteiger partial charge in [-0.3, -0.25) is 0 Å². The first-order valence-electron chi connectivity index (χ1n) is 4.54. The van der Waals surface area contributed by atoms with E-state index in [9.17, 15) is 0 Å². The van der Waals surface area contributed by atoms with Gasteiger partial charge in [0.25, 0.3) is 0 Å². The molecular weight excluding hydrogens is 282 g/mol. The van der Waals surface area contributed by atoms with E-state index in [1.54, 1.807) is 11.3 Å². The molecule has 1 aromatic rings. The molecule has 1 N–H and O–H groups in total. The van der Waals surface area contributed by atoms with Crippen molar-refractivity contribution in [2.45, 2.75) is 10.3 Å². The molecule has 1 aliphatic rings. The lowest BCUT2D eigenvalue weighted by Crippen LogP contribution is -2.42. The number of thiophene rings is 1. The summed E-state index contributed by atoms with van der Waals surface area (Å²) >= 11 is 7.14. The molecule has 1 fully saturated rings. The Bertz CT molecular complexity index is 286. The largest absolute Gasteiger partial charge is 0.378 e. The van der Waals surface area contributed by atoms with Gasteiger partial charge in [0.05, 0.1) is 21.2 Å². The Hall–Kier alpha value is 0.450. The number of rotatable bonds is 3. The lowest BCUT2D eigenvalue weighted by Gasteiger charge is -2.22. The number of thioether (sulfide) groups is 1. The number of nitrogens with one attached hydrogen (secondary N) is 1. The van der Waals surface area contributed by atoms with E-state index in [4.69, 9.17) is 4.74 Å². The molecule has 5 heteroatoms. The van der Waals surface area contributed by atoms with Gasteiger partial charge >= 0.3 is 0 Å². The Balaban J connectivity index is 1.76. The van der Waals surface area contributed by atoms with Crippen LogP contribution in [0.2, 0.25) is 0 Å². The van der Waals surface area contributed by atoms with Crippen LogP contribution in [0, 0.1) is 0 Å². The van der Waals surface area contributed by atoms with Crippen molar-refractivity contribution in [3.63, 3.8) is 0 Å². The fourth-order valence-electron chi connectivity index (χ4n) is 1.28. The van der Waals surface area contributed by atoms with Crippen LogP contribution in [0.1, 0.15) is 0 Å². The maximum Gasteiger partial charge on any atom is 0.0710 e. The Kier molecular flexibility index (Phi) is 4.31. The van der Waals surface area contributed by atoms with Crippen LogP contribution in [-0.4, -0.2) is 31.6 Å². The predicted octanol–water partition coefficient (Wildman–Crippen LogP) is 2.59. The summed E-state index contributed by atoms with van der Waals surface area (Å²) in [5.74, 6) is 1.09. The van der Waals surface area contributed by atoms with Crippen molar-refractivity contribution >= 4 is 39.0 Å². The van der Waals surface area contributed by atoms with Gasteiger partial charge in [-0.05, 0) is 28.1 Å². The summed E-state index contributed by atoms with van der Waals surface area (Å²) < 4.78 is 7.96. The highest BCUT2D eigenvalue weighted by Gasteiger charge is 2.13. The lowest BCUT2D eigenvalue weighted by atomic mass is 10.3. The van der Waals surface area contributed by atoms with E-state index >= 15 is 0 Å². The monoisotopic (exact) mass is 293 g/mol.